The van der Waals surface area contributed by atoms with Crippen LogP contribution in [0.2, 0.25) is 0 Å². The van der Waals surface area contributed by atoms with Crippen molar-refractivity contribution in [3.63, 3.8) is 0 Å². The summed E-state index contributed by atoms with van der Waals surface area (Å²) in [6, 6.07) is 10.3. The van der Waals surface area contributed by atoms with Gasteiger partial charge in [-0.25, -0.2) is 14.6 Å². The van der Waals surface area contributed by atoms with Crippen molar-refractivity contribution in [1.82, 2.24) is 10.1 Å². The Labute approximate surface area is 182 Å². The Bertz CT molecular complexity index is 1330. The van der Waals surface area contributed by atoms with Crippen molar-refractivity contribution >= 4 is 28.7 Å². The number of hydrogen-bond acceptors (Lipinski definition) is 8. The van der Waals surface area contributed by atoms with Crippen LogP contribution in [0.3, 0.4) is 0 Å². The van der Waals surface area contributed by atoms with Crippen molar-refractivity contribution in [2.45, 2.75) is 38.2 Å². The molecule has 7 nitrogen and oxygen atoms in total. The van der Waals surface area contributed by atoms with Crippen molar-refractivity contribution in [3.8, 4) is 0 Å². The fraction of sp³-hybridized carbons (Fsp3) is 0.217. The lowest BCUT2D eigenvalue weighted by molar-refractivity contribution is 0.0468. The summed E-state index contributed by atoms with van der Waals surface area (Å²) in [5, 5.41) is 5.24. The minimum atomic E-state index is -0.517. The standard InChI is InChI=1S/C23H20N2O5S/c1-13-7-19-16(10-21(26)29-20(19)8-14(13)2)11-28-23(27)18-5-4-6-24-22(18)31-12-17-9-15(3)30-25-17/h4-10H,11-12H2,1-3H3. The van der Waals surface area contributed by atoms with Crippen LogP contribution in [-0.4, -0.2) is 16.1 Å². The van der Waals surface area contributed by atoms with E-state index in [0.717, 1.165) is 28.0 Å². The van der Waals surface area contributed by atoms with E-state index in [1.54, 1.807) is 18.3 Å². The lowest BCUT2D eigenvalue weighted by atomic mass is 10.0. The predicted octanol–water partition coefficient (Wildman–Crippen LogP) is 4.75. The van der Waals surface area contributed by atoms with Gasteiger partial charge in [-0.05, 0) is 56.2 Å². The second-order valence-electron chi connectivity index (χ2n) is 7.17. The molecule has 0 fully saturated rings. The smallest absolute Gasteiger partial charge is 0.341 e. The summed E-state index contributed by atoms with van der Waals surface area (Å²) >= 11 is 1.37. The van der Waals surface area contributed by atoms with Crippen LogP contribution < -0.4 is 5.63 Å². The highest BCUT2D eigenvalue weighted by atomic mass is 32.2. The van der Waals surface area contributed by atoms with Gasteiger partial charge in [-0.1, -0.05) is 16.9 Å². The molecule has 31 heavy (non-hydrogen) atoms. The van der Waals surface area contributed by atoms with Gasteiger partial charge in [0.05, 0.1) is 11.3 Å². The van der Waals surface area contributed by atoms with Crippen LogP contribution in [0.1, 0.15) is 38.5 Å². The van der Waals surface area contributed by atoms with E-state index in [1.807, 2.05) is 39.0 Å². The van der Waals surface area contributed by atoms with Gasteiger partial charge in [0.15, 0.2) is 0 Å². The molecule has 0 amide bonds. The molecule has 3 heterocycles. The van der Waals surface area contributed by atoms with Crippen LogP contribution in [0.25, 0.3) is 11.0 Å². The van der Waals surface area contributed by atoms with Gasteiger partial charge in [-0.2, -0.15) is 0 Å². The van der Waals surface area contributed by atoms with Crippen LogP contribution in [-0.2, 0) is 17.1 Å². The Kier molecular flexibility index (Phi) is 5.90. The molecule has 0 aliphatic heterocycles. The molecule has 158 valence electrons. The number of fused-ring (bicyclic) bond motifs is 1. The van der Waals surface area contributed by atoms with E-state index in [1.165, 1.54) is 17.8 Å². The maximum atomic E-state index is 12.8. The molecule has 3 aromatic heterocycles. The lowest BCUT2D eigenvalue weighted by Crippen LogP contribution is -2.09. The summed E-state index contributed by atoms with van der Waals surface area (Å²) in [6.07, 6.45) is 1.62. The fourth-order valence-electron chi connectivity index (χ4n) is 3.11. The minimum Gasteiger partial charge on any atom is -0.457 e. The quantitative estimate of drug-likeness (QED) is 0.243. The molecule has 0 unspecified atom stereocenters. The molecule has 1 aromatic carbocycles. The van der Waals surface area contributed by atoms with Crippen molar-refractivity contribution in [3.05, 3.63) is 86.7 Å². The highest BCUT2D eigenvalue weighted by Crippen LogP contribution is 2.26. The van der Waals surface area contributed by atoms with E-state index in [-0.39, 0.29) is 6.61 Å². The third kappa shape index (κ3) is 4.69. The van der Waals surface area contributed by atoms with Crippen LogP contribution >= 0.6 is 11.8 Å². The van der Waals surface area contributed by atoms with E-state index in [9.17, 15) is 9.59 Å². The Hall–Kier alpha value is -3.39. The second-order valence-corrected chi connectivity index (χ2v) is 8.14. The number of carbonyl (C=O) groups is 1. The average molecular weight is 436 g/mol. The van der Waals surface area contributed by atoms with Crippen LogP contribution in [0, 0.1) is 20.8 Å². The molecule has 0 spiro atoms. The van der Waals surface area contributed by atoms with E-state index in [2.05, 4.69) is 10.1 Å². The third-order valence-electron chi connectivity index (χ3n) is 4.83. The number of hydrogen-bond donors (Lipinski definition) is 0. The second kappa shape index (κ2) is 8.77. The molecule has 4 rings (SSSR count). The van der Waals surface area contributed by atoms with Gasteiger partial charge >= 0.3 is 11.6 Å². The Balaban J connectivity index is 1.53. The number of esters is 1. The number of thioether (sulfide) groups is 1. The first-order valence-corrected chi connectivity index (χ1v) is 10.6. The lowest BCUT2D eigenvalue weighted by Gasteiger charge is -2.10. The van der Waals surface area contributed by atoms with Crippen molar-refractivity contribution < 1.29 is 18.5 Å². The van der Waals surface area contributed by atoms with E-state index >= 15 is 0 Å². The van der Waals surface area contributed by atoms with Gasteiger partial charge in [0.1, 0.15) is 23.0 Å². The minimum absolute atomic E-state index is 0.0507. The molecule has 0 atom stereocenters. The zero-order valence-electron chi connectivity index (χ0n) is 17.3. The van der Waals surface area contributed by atoms with Gasteiger partial charge in [0, 0.05) is 35.0 Å². The summed E-state index contributed by atoms with van der Waals surface area (Å²) in [5.74, 6) is 0.718. The molecular formula is C23H20N2O5S. The number of aryl methyl sites for hydroxylation is 3. The van der Waals surface area contributed by atoms with Gasteiger partial charge in [0.2, 0.25) is 0 Å². The highest BCUT2D eigenvalue weighted by Gasteiger charge is 2.17. The number of pyridine rings is 1. The summed E-state index contributed by atoms with van der Waals surface area (Å²) in [6.45, 7) is 5.70. The zero-order chi connectivity index (χ0) is 22.0. The molecule has 0 aliphatic rings. The van der Waals surface area contributed by atoms with Crippen LogP contribution in [0.4, 0.5) is 0 Å². The van der Waals surface area contributed by atoms with Crippen LogP contribution in [0.5, 0.6) is 0 Å². The summed E-state index contributed by atoms with van der Waals surface area (Å²) < 4.78 is 15.9. The van der Waals surface area contributed by atoms with E-state index < -0.39 is 11.6 Å². The molecule has 0 N–H and O–H groups in total. The largest absolute Gasteiger partial charge is 0.457 e. The maximum Gasteiger partial charge on any atom is 0.341 e. The van der Waals surface area contributed by atoms with Gasteiger partial charge in [-0.3, -0.25) is 0 Å². The predicted molar refractivity (Wildman–Crippen MR) is 116 cm³/mol. The molecule has 0 saturated carbocycles. The van der Waals surface area contributed by atoms with Crippen molar-refractivity contribution in [2.75, 3.05) is 0 Å². The monoisotopic (exact) mass is 436 g/mol. The molecule has 4 aromatic rings. The number of carbonyl (C=O) groups excluding carboxylic acids is 1. The van der Waals surface area contributed by atoms with E-state index in [0.29, 0.717) is 27.5 Å². The normalized spacial score (nSPS) is 11.1. The van der Waals surface area contributed by atoms with Gasteiger partial charge in [-0.15, -0.1) is 0 Å². The SMILES string of the molecule is Cc1cc(CSc2ncccc2C(=O)OCc2cc(=O)oc3cc(C)c(C)cc23)no1. The first-order valence-electron chi connectivity index (χ1n) is 9.62. The Morgan fingerprint density at radius 3 is 2.71 bits per heavy atom. The molecule has 0 aliphatic carbocycles. The Morgan fingerprint density at radius 2 is 1.94 bits per heavy atom. The maximum absolute atomic E-state index is 12.8. The van der Waals surface area contributed by atoms with Gasteiger partial charge in [0.25, 0.3) is 0 Å². The summed E-state index contributed by atoms with van der Waals surface area (Å²) in [7, 11) is 0. The molecule has 0 bridgehead atoms. The third-order valence-corrected chi connectivity index (χ3v) is 5.87. The number of rotatable bonds is 6. The number of ether oxygens (including phenoxy) is 1. The highest BCUT2D eigenvalue weighted by molar-refractivity contribution is 7.98. The topological polar surface area (TPSA) is 95.4 Å². The first kappa shape index (κ1) is 20.9. The Morgan fingerprint density at radius 1 is 1.13 bits per heavy atom. The first-order chi connectivity index (χ1) is 14.9. The van der Waals surface area contributed by atoms with Crippen molar-refractivity contribution in [2.24, 2.45) is 0 Å². The van der Waals surface area contributed by atoms with Crippen molar-refractivity contribution in [1.29, 1.82) is 0 Å². The molecule has 0 saturated heterocycles. The number of benzene rings is 1. The molecular weight excluding hydrogens is 416 g/mol. The summed E-state index contributed by atoms with van der Waals surface area (Å²) in [5.41, 5.74) is 3.78. The molecule has 0 radical (unpaired) electrons. The zero-order valence-corrected chi connectivity index (χ0v) is 18.1. The molecule has 8 heteroatoms. The van der Waals surface area contributed by atoms with Crippen LogP contribution in [0.15, 0.2) is 61.4 Å². The van der Waals surface area contributed by atoms with E-state index in [4.69, 9.17) is 13.7 Å². The number of nitrogens with zero attached hydrogens (tertiary/aromatic N) is 2. The van der Waals surface area contributed by atoms with Gasteiger partial charge < -0.3 is 13.7 Å². The fourth-order valence-corrected chi connectivity index (χ4v) is 3.98. The number of aromatic nitrogens is 2. The average Bonchev–Trinajstić information content (AvgIpc) is 3.17. The summed E-state index contributed by atoms with van der Waals surface area (Å²) in [4.78, 5) is 29.0.